The highest BCUT2D eigenvalue weighted by molar-refractivity contribution is 7.42. The first-order valence-corrected chi connectivity index (χ1v) is 12.8. The Morgan fingerprint density at radius 2 is 1.22 bits per heavy atom. The summed E-state index contributed by atoms with van der Waals surface area (Å²) in [6, 6.07) is 8.79. The summed E-state index contributed by atoms with van der Waals surface area (Å²) in [6.45, 7) is 24.0. The highest BCUT2D eigenvalue weighted by Gasteiger charge is 2.36. The van der Waals surface area contributed by atoms with Gasteiger partial charge in [0.25, 0.3) is 0 Å². The molecule has 32 heavy (non-hydrogen) atoms. The first-order valence-electron chi connectivity index (χ1n) is 11.7. The van der Waals surface area contributed by atoms with E-state index < -0.39 is 8.69 Å². The van der Waals surface area contributed by atoms with Crippen LogP contribution in [-0.4, -0.2) is 0 Å². The van der Waals surface area contributed by atoms with Crippen LogP contribution in [0, 0.1) is 0 Å². The van der Waals surface area contributed by atoms with Gasteiger partial charge in [-0.05, 0) is 33.8 Å². The normalized spacial score (nSPS) is 19.2. The van der Waals surface area contributed by atoms with Crippen molar-refractivity contribution in [3.63, 3.8) is 0 Å². The van der Waals surface area contributed by atoms with Crippen LogP contribution in [-0.2, 0) is 22.7 Å². The number of hydrogen-bond acceptors (Lipinski definition) is 2. The molecule has 0 radical (unpaired) electrons. The van der Waals surface area contributed by atoms with E-state index in [0.717, 1.165) is 28.7 Å². The van der Waals surface area contributed by atoms with Crippen molar-refractivity contribution < 1.29 is 13.2 Å². The van der Waals surface area contributed by atoms with Gasteiger partial charge >= 0.3 is 8.69 Å². The maximum absolute atomic E-state index is 15.4. The Labute approximate surface area is 196 Å². The van der Waals surface area contributed by atoms with Gasteiger partial charge in [0, 0.05) is 28.2 Å². The Hall–Kier alpha value is -1.60. The van der Waals surface area contributed by atoms with E-state index in [1.165, 1.54) is 11.1 Å². The molecule has 4 heteroatoms. The fourth-order valence-electron chi connectivity index (χ4n) is 4.29. The lowest BCUT2D eigenvalue weighted by molar-refractivity contribution is 0.405. The lowest BCUT2D eigenvalue weighted by Crippen LogP contribution is -2.21. The van der Waals surface area contributed by atoms with Crippen molar-refractivity contribution in [3.05, 3.63) is 57.6 Å². The third-order valence-corrected chi connectivity index (χ3v) is 7.10. The molecular weight excluding hydrogens is 418 g/mol. The van der Waals surface area contributed by atoms with Crippen LogP contribution in [0.1, 0.15) is 115 Å². The molecule has 0 fully saturated rings. The molecule has 1 aliphatic heterocycles. The maximum Gasteiger partial charge on any atom is 0.505 e. The van der Waals surface area contributed by atoms with Gasteiger partial charge in [-0.25, -0.2) is 0 Å². The van der Waals surface area contributed by atoms with Crippen molar-refractivity contribution in [2.24, 2.45) is 0 Å². The van der Waals surface area contributed by atoms with Crippen molar-refractivity contribution in [3.8, 4) is 11.5 Å². The molecule has 0 saturated carbocycles. The van der Waals surface area contributed by atoms with Gasteiger partial charge < -0.3 is 9.05 Å². The van der Waals surface area contributed by atoms with Gasteiger partial charge in [0.05, 0.1) is 0 Å². The average Bonchev–Trinajstić information content (AvgIpc) is 2.63. The topological polar surface area (TPSA) is 18.5 Å². The summed E-state index contributed by atoms with van der Waals surface area (Å²) in [7, 11) is -2.61. The molecule has 2 aromatic rings. The van der Waals surface area contributed by atoms with Crippen LogP contribution in [0.4, 0.5) is 4.20 Å². The van der Waals surface area contributed by atoms with E-state index in [0.29, 0.717) is 11.5 Å². The number of fused-ring (bicyclic) bond motifs is 2. The zero-order chi connectivity index (χ0) is 24.2. The SMILES string of the molecule is CCc1cc2c(c(C(C)(C)C)c1)OP(F)Oc1c(cc(C(C)(C)C)cc1C(C)(C)C)C2C. The first kappa shape index (κ1) is 25.0. The summed E-state index contributed by atoms with van der Waals surface area (Å²) in [5.74, 6) is 1.32. The van der Waals surface area contributed by atoms with Gasteiger partial charge in [-0.3, -0.25) is 0 Å². The quantitative estimate of drug-likeness (QED) is 0.396. The Morgan fingerprint density at radius 1 is 0.750 bits per heavy atom. The van der Waals surface area contributed by atoms with E-state index in [1.807, 2.05) is 0 Å². The summed E-state index contributed by atoms with van der Waals surface area (Å²) in [6.07, 6.45) is 0.923. The fraction of sp³-hybridized carbons (Fsp3) is 0.571. The molecule has 0 amide bonds. The smallest absolute Gasteiger partial charge is 0.414 e. The lowest BCUT2D eigenvalue weighted by atomic mass is 9.75. The summed E-state index contributed by atoms with van der Waals surface area (Å²) >= 11 is 0. The van der Waals surface area contributed by atoms with Gasteiger partial charge in [-0.2, -0.15) is 0 Å². The van der Waals surface area contributed by atoms with E-state index in [4.69, 9.17) is 9.05 Å². The highest BCUT2D eigenvalue weighted by Crippen LogP contribution is 2.55. The van der Waals surface area contributed by atoms with Crippen LogP contribution < -0.4 is 9.05 Å². The van der Waals surface area contributed by atoms with E-state index >= 15 is 4.20 Å². The van der Waals surface area contributed by atoms with Crippen LogP contribution in [0.25, 0.3) is 0 Å². The molecular formula is C28H40FO2P. The number of rotatable bonds is 1. The lowest BCUT2D eigenvalue weighted by Gasteiger charge is -2.34. The zero-order valence-electron chi connectivity index (χ0n) is 21.7. The zero-order valence-corrected chi connectivity index (χ0v) is 22.6. The third kappa shape index (κ3) is 4.84. The van der Waals surface area contributed by atoms with E-state index in [-0.39, 0.29) is 22.2 Å². The molecule has 1 aliphatic rings. The van der Waals surface area contributed by atoms with Crippen LogP contribution in [0.3, 0.4) is 0 Å². The monoisotopic (exact) mass is 458 g/mol. The minimum atomic E-state index is -2.61. The van der Waals surface area contributed by atoms with E-state index in [2.05, 4.69) is 100 Å². The molecule has 0 spiro atoms. The fourth-order valence-corrected chi connectivity index (χ4v) is 5.02. The van der Waals surface area contributed by atoms with Crippen molar-refractivity contribution in [2.75, 3.05) is 0 Å². The molecule has 176 valence electrons. The molecule has 0 bridgehead atoms. The molecule has 2 aromatic carbocycles. The number of hydrogen-bond donors (Lipinski definition) is 0. The van der Waals surface area contributed by atoms with Gasteiger partial charge in [0.1, 0.15) is 11.5 Å². The van der Waals surface area contributed by atoms with Crippen molar-refractivity contribution >= 4 is 8.69 Å². The second kappa shape index (κ2) is 8.32. The molecule has 1 heterocycles. The Bertz CT molecular complexity index is 1010. The van der Waals surface area contributed by atoms with Gasteiger partial charge in [0.15, 0.2) is 0 Å². The van der Waals surface area contributed by atoms with Crippen LogP contribution in [0.2, 0.25) is 0 Å². The predicted octanol–water partition coefficient (Wildman–Crippen LogP) is 9.26. The van der Waals surface area contributed by atoms with Crippen molar-refractivity contribution in [2.45, 2.75) is 105 Å². The number of halogens is 1. The molecule has 3 rings (SSSR count). The van der Waals surface area contributed by atoms with Crippen LogP contribution >= 0.6 is 8.69 Å². The van der Waals surface area contributed by atoms with Crippen LogP contribution in [0.5, 0.6) is 11.5 Å². The Morgan fingerprint density at radius 3 is 1.66 bits per heavy atom. The minimum absolute atomic E-state index is 0.0136. The predicted molar refractivity (Wildman–Crippen MR) is 135 cm³/mol. The molecule has 0 aliphatic carbocycles. The Balaban J connectivity index is 2.40. The highest BCUT2D eigenvalue weighted by atomic mass is 31.2. The second-order valence-electron chi connectivity index (χ2n) is 12.2. The summed E-state index contributed by atoms with van der Waals surface area (Å²) < 4.78 is 27.3. The Kier molecular flexibility index (Phi) is 6.50. The minimum Gasteiger partial charge on any atom is -0.414 e. The van der Waals surface area contributed by atoms with Gasteiger partial charge in [-0.1, -0.05) is 100 Å². The molecule has 0 aromatic heterocycles. The largest absolute Gasteiger partial charge is 0.505 e. The summed E-state index contributed by atoms with van der Waals surface area (Å²) in [5, 5.41) is 0. The number of benzene rings is 2. The van der Waals surface area contributed by atoms with Gasteiger partial charge in [0.2, 0.25) is 0 Å². The molecule has 2 unspecified atom stereocenters. The third-order valence-electron chi connectivity index (χ3n) is 6.44. The second-order valence-corrected chi connectivity index (χ2v) is 13.0. The molecule has 0 saturated heterocycles. The molecule has 0 N–H and O–H groups in total. The van der Waals surface area contributed by atoms with Crippen molar-refractivity contribution in [1.29, 1.82) is 0 Å². The van der Waals surface area contributed by atoms with E-state index in [9.17, 15) is 0 Å². The van der Waals surface area contributed by atoms with E-state index in [1.54, 1.807) is 0 Å². The maximum atomic E-state index is 15.4. The number of aryl methyl sites for hydroxylation is 1. The first-order chi connectivity index (χ1) is 14.5. The van der Waals surface area contributed by atoms with Gasteiger partial charge in [-0.15, -0.1) is 4.20 Å². The average molecular weight is 459 g/mol. The summed E-state index contributed by atoms with van der Waals surface area (Å²) in [4.78, 5) is 0. The standard InChI is InChI=1S/C28H40FO2P/c1-12-18-13-20-17(2)21-15-19(26(3,4)5)16-23(28(9,10)11)25(21)31-32(29)30-24(20)22(14-18)27(6,7)8/h13-17H,12H2,1-11H3. The van der Waals surface area contributed by atoms with Crippen molar-refractivity contribution in [1.82, 2.24) is 0 Å². The molecule has 2 nitrogen and oxygen atoms in total. The summed E-state index contributed by atoms with van der Waals surface area (Å²) in [5.41, 5.74) is 6.27. The molecule has 2 atom stereocenters. The van der Waals surface area contributed by atoms with Crippen LogP contribution in [0.15, 0.2) is 24.3 Å².